The Hall–Kier alpha value is -9.19. The molecule has 13 rings (SSSR count). The van der Waals surface area contributed by atoms with E-state index in [1.165, 1.54) is 54.9 Å². The number of hydrogen-bond donors (Lipinski definition) is 0. The zero-order chi connectivity index (χ0) is 47.6. The summed E-state index contributed by atoms with van der Waals surface area (Å²) in [6, 6.07) is 83.0. The van der Waals surface area contributed by atoms with Gasteiger partial charge in [-0.05, 0) is 109 Å². The van der Waals surface area contributed by atoms with Crippen LogP contribution in [0.3, 0.4) is 0 Å². The molecular formula is C66H47N5. The van der Waals surface area contributed by atoms with Crippen LogP contribution in [0.4, 0.5) is 0 Å². The van der Waals surface area contributed by atoms with E-state index in [2.05, 4.69) is 224 Å². The Kier molecular flexibility index (Phi) is 10.1. The van der Waals surface area contributed by atoms with Crippen molar-refractivity contribution in [2.24, 2.45) is 0 Å². The molecular weight excluding hydrogens is 863 g/mol. The average molecular weight is 910 g/mol. The summed E-state index contributed by atoms with van der Waals surface area (Å²) in [6.45, 7) is 6.51. The normalized spacial score (nSPS) is 11.6. The van der Waals surface area contributed by atoms with Gasteiger partial charge in [0.05, 0.1) is 33.4 Å². The molecule has 0 radical (unpaired) electrons. The SMILES string of the molecule is Cc1ccc(-c2ccc3c(c2)c2ccccc2n3-c2ccc(-c3nc(-c4ccccc4)nc(-c4ccccc4)n3)cc2-c2c(C)cccc2-n2c3ccccc3c3cc(-c4ccc(C)cc4)ccc32)cc1. The summed E-state index contributed by atoms with van der Waals surface area (Å²) in [5, 5.41) is 4.80. The number of rotatable bonds is 8. The fraction of sp³-hybridized carbons (Fsp3) is 0.0455. The summed E-state index contributed by atoms with van der Waals surface area (Å²) in [7, 11) is 0. The van der Waals surface area contributed by atoms with Gasteiger partial charge in [-0.2, -0.15) is 0 Å². The van der Waals surface area contributed by atoms with Gasteiger partial charge in [0.15, 0.2) is 17.5 Å². The Labute approximate surface area is 412 Å². The van der Waals surface area contributed by atoms with Crippen molar-refractivity contribution < 1.29 is 0 Å². The number of aromatic nitrogens is 5. The van der Waals surface area contributed by atoms with Crippen LogP contribution in [0.1, 0.15) is 16.7 Å². The predicted octanol–water partition coefficient (Wildman–Crippen LogP) is 17.0. The van der Waals surface area contributed by atoms with Crippen molar-refractivity contribution >= 4 is 43.6 Å². The molecule has 3 aromatic heterocycles. The van der Waals surface area contributed by atoms with Crippen LogP contribution >= 0.6 is 0 Å². The van der Waals surface area contributed by atoms with E-state index in [9.17, 15) is 0 Å². The maximum Gasteiger partial charge on any atom is 0.164 e. The van der Waals surface area contributed by atoms with Gasteiger partial charge in [-0.15, -0.1) is 0 Å². The Morgan fingerprint density at radius 2 is 0.704 bits per heavy atom. The van der Waals surface area contributed by atoms with Gasteiger partial charge in [0.2, 0.25) is 0 Å². The third-order valence-electron chi connectivity index (χ3n) is 14.1. The lowest BCUT2D eigenvalue weighted by molar-refractivity contribution is 1.07. The lowest BCUT2D eigenvalue weighted by Gasteiger charge is -2.21. The van der Waals surface area contributed by atoms with Gasteiger partial charge in [0.1, 0.15) is 0 Å². The minimum Gasteiger partial charge on any atom is -0.309 e. The molecule has 0 fully saturated rings. The smallest absolute Gasteiger partial charge is 0.164 e. The number of nitrogens with zero attached hydrogens (tertiary/aromatic N) is 5. The van der Waals surface area contributed by atoms with Crippen molar-refractivity contribution in [1.82, 2.24) is 24.1 Å². The van der Waals surface area contributed by atoms with Crippen molar-refractivity contribution in [3.05, 3.63) is 247 Å². The molecule has 0 saturated carbocycles. The number of aryl methyl sites for hydroxylation is 3. The number of para-hydroxylation sites is 2. The Bertz CT molecular complexity index is 4110. The molecule has 0 unspecified atom stereocenters. The zero-order valence-corrected chi connectivity index (χ0v) is 39.7. The van der Waals surface area contributed by atoms with Crippen LogP contribution in [0.25, 0.3) is 123 Å². The molecule has 3 heterocycles. The highest BCUT2D eigenvalue weighted by atomic mass is 15.0. The maximum atomic E-state index is 5.25. The van der Waals surface area contributed by atoms with Crippen molar-refractivity contribution in [2.75, 3.05) is 0 Å². The highest BCUT2D eigenvalue weighted by Crippen LogP contribution is 2.44. The second-order valence-electron chi connectivity index (χ2n) is 18.6. The number of fused-ring (bicyclic) bond motifs is 6. The highest BCUT2D eigenvalue weighted by Gasteiger charge is 2.24. The summed E-state index contributed by atoms with van der Waals surface area (Å²) in [4.78, 5) is 15.6. The minimum atomic E-state index is 0.603. The van der Waals surface area contributed by atoms with Crippen LogP contribution in [-0.2, 0) is 0 Å². The number of benzene rings is 10. The van der Waals surface area contributed by atoms with Crippen LogP contribution in [0.2, 0.25) is 0 Å². The van der Waals surface area contributed by atoms with E-state index in [1.807, 2.05) is 36.4 Å². The van der Waals surface area contributed by atoms with Gasteiger partial charge >= 0.3 is 0 Å². The molecule has 0 aliphatic heterocycles. The molecule has 71 heavy (non-hydrogen) atoms. The van der Waals surface area contributed by atoms with E-state index >= 15 is 0 Å². The van der Waals surface area contributed by atoms with Gasteiger partial charge in [-0.25, -0.2) is 15.0 Å². The number of hydrogen-bond acceptors (Lipinski definition) is 3. The third kappa shape index (κ3) is 7.29. The molecule has 10 aromatic carbocycles. The Morgan fingerprint density at radius 3 is 1.23 bits per heavy atom. The summed E-state index contributed by atoms with van der Waals surface area (Å²) >= 11 is 0. The molecule has 13 aromatic rings. The van der Waals surface area contributed by atoms with Crippen LogP contribution in [-0.4, -0.2) is 24.1 Å². The quantitative estimate of drug-likeness (QED) is 0.153. The fourth-order valence-electron chi connectivity index (χ4n) is 10.5. The first-order valence-corrected chi connectivity index (χ1v) is 24.3. The van der Waals surface area contributed by atoms with Gasteiger partial charge < -0.3 is 9.13 Å². The van der Waals surface area contributed by atoms with Crippen LogP contribution < -0.4 is 0 Å². The molecule has 0 spiro atoms. The van der Waals surface area contributed by atoms with Crippen molar-refractivity contribution in [3.8, 4) is 78.9 Å². The van der Waals surface area contributed by atoms with Crippen LogP contribution in [0, 0.1) is 20.8 Å². The lowest BCUT2D eigenvalue weighted by atomic mass is 9.94. The summed E-state index contributed by atoms with van der Waals surface area (Å²) in [5.41, 5.74) is 20.1. The standard InChI is InChI=1S/C66H47N5/c1-42-25-29-45(30-26-42)49-33-36-59-54(39-49)52-20-10-12-22-57(52)70(59)61-38-35-51(66-68-64(47-16-6-4-7-17-47)67-65(69-66)48-18-8-5-9-19-48)41-56(61)63-44(3)15-14-24-62(63)71-58-23-13-11-21-53(58)55-40-50(34-37-60(55)71)46-31-27-43(2)28-32-46/h4-41H,1-3H3. The molecule has 0 N–H and O–H groups in total. The van der Waals surface area contributed by atoms with Crippen LogP contribution in [0.5, 0.6) is 0 Å². The van der Waals surface area contributed by atoms with Crippen molar-refractivity contribution in [2.45, 2.75) is 20.8 Å². The molecule has 0 bridgehead atoms. The molecule has 0 aliphatic rings. The predicted molar refractivity (Wildman–Crippen MR) is 295 cm³/mol. The van der Waals surface area contributed by atoms with E-state index in [4.69, 9.17) is 15.0 Å². The van der Waals surface area contributed by atoms with E-state index in [1.54, 1.807) is 0 Å². The second kappa shape index (κ2) is 17.1. The molecule has 5 nitrogen and oxygen atoms in total. The minimum absolute atomic E-state index is 0.603. The summed E-state index contributed by atoms with van der Waals surface area (Å²) in [5.74, 6) is 1.85. The highest BCUT2D eigenvalue weighted by molar-refractivity contribution is 6.13. The van der Waals surface area contributed by atoms with E-state index in [0.29, 0.717) is 17.5 Å². The summed E-state index contributed by atoms with van der Waals surface area (Å²) in [6.07, 6.45) is 0. The fourth-order valence-corrected chi connectivity index (χ4v) is 10.5. The molecule has 0 aliphatic carbocycles. The van der Waals surface area contributed by atoms with Gasteiger partial charge in [-0.3, -0.25) is 0 Å². The summed E-state index contributed by atoms with van der Waals surface area (Å²) < 4.78 is 4.92. The molecule has 0 atom stereocenters. The lowest BCUT2D eigenvalue weighted by Crippen LogP contribution is -2.04. The molecule has 336 valence electrons. The van der Waals surface area contributed by atoms with Crippen molar-refractivity contribution in [1.29, 1.82) is 0 Å². The van der Waals surface area contributed by atoms with Crippen LogP contribution in [0.15, 0.2) is 231 Å². The van der Waals surface area contributed by atoms with Crippen molar-refractivity contribution in [3.63, 3.8) is 0 Å². The Balaban J connectivity index is 1.10. The molecule has 0 amide bonds. The third-order valence-corrected chi connectivity index (χ3v) is 14.1. The first-order chi connectivity index (χ1) is 34.9. The van der Waals surface area contributed by atoms with E-state index in [-0.39, 0.29) is 0 Å². The van der Waals surface area contributed by atoms with Gasteiger partial charge in [0.25, 0.3) is 0 Å². The average Bonchev–Trinajstić information content (AvgIpc) is 3.94. The maximum absolute atomic E-state index is 5.25. The largest absolute Gasteiger partial charge is 0.309 e. The zero-order valence-electron chi connectivity index (χ0n) is 39.7. The first kappa shape index (κ1) is 42.0. The van der Waals surface area contributed by atoms with Gasteiger partial charge in [0, 0.05) is 49.4 Å². The van der Waals surface area contributed by atoms with E-state index in [0.717, 1.165) is 66.8 Å². The van der Waals surface area contributed by atoms with E-state index < -0.39 is 0 Å². The monoisotopic (exact) mass is 909 g/mol. The first-order valence-electron chi connectivity index (χ1n) is 24.3. The molecule has 0 saturated heterocycles. The second-order valence-corrected chi connectivity index (χ2v) is 18.6. The molecule has 5 heteroatoms. The topological polar surface area (TPSA) is 48.5 Å². The Morgan fingerprint density at radius 1 is 0.282 bits per heavy atom. The van der Waals surface area contributed by atoms with Gasteiger partial charge in [-0.1, -0.05) is 181 Å².